The monoisotopic (exact) mass is 362 g/mol. The van der Waals surface area contributed by atoms with Crippen LogP contribution in [0.25, 0.3) is 33.4 Å². The molecule has 4 aromatic rings. The highest BCUT2D eigenvalue weighted by atomic mass is 14.1. The molecule has 0 aromatic heterocycles. The van der Waals surface area contributed by atoms with E-state index in [0.717, 1.165) is 0 Å². The highest BCUT2D eigenvalue weighted by Gasteiger charge is 2.10. The highest BCUT2D eigenvalue weighted by molar-refractivity contribution is 5.80. The quantitative estimate of drug-likeness (QED) is 0.347. The van der Waals surface area contributed by atoms with E-state index in [1.165, 1.54) is 55.6 Å². The van der Waals surface area contributed by atoms with Gasteiger partial charge in [0.05, 0.1) is 0 Å². The molecule has 0 unspecified atom stereocenters. The van der Waals surface area contributed by atoms with Gasteiger partial charge in [-0.05, 0) is 84.3 Å². The van der Waals surface area contributed by atoms with Crippen LogP contribution in [0.1, 0.15) is 22.3 Å². The molecule has 0 nitrogen and oxygen atoms in total. The van der Waals surface area contributed by atoms with Crippen molar-refractivity contribution in [1.82, 2.24) is 0 Å². The summed E-state index contributed by atoms with van der Waals surface area (Å²) in [4.78, 5) is 0. The third-order valence-corrected chi connectivity index (χ3v) is 5.54. The molecule has 28 heavy (non-hydrogen) atoms. The normalized spacial score (nSPS) is 10.9. The lowest BCUT2D eigenvalue weighted by molar-refractivity contribution is 1.40. The van der Waals surface area contributed by atoms with Gasteiger partial charge in [-0.2, -0.15) is 0 Å². The SMILES string of the molecule is Cc1ccc(-c2ccc(C)c(-c3cc(-c4ccc(C)cc4)ccc3C)c2)cc1. The standard InChI is InChI=1S/C28H26/c1-19-5-11-23(12-6-19)25-15-9-21(3)27(17-25)28-18-26(16-10-22(28)4)24-13-7-20(2)8-14-24/h5-18H,1-4H3. The maximum Gasteiger partial charge on any atom is -0.0146 e. The van der Waals surface area contributed by atoms with Crippen molar-refractivity contribution in [2.75, 3.05) is 0 Å². The van der Waals surface area contributed by atoms with Gasteiger partial charge in [0.2, 0.25) is 0 Å². The zero-order chi connectivity index (χ0) is 19.7. The smallest absolute Gasteiger partial charge is 0.0146 e. The molecule has 0 aliphatic carbocycles. The predicted octanol–water partition coefficient (Wildman–Crippen LogP) is 7.92. The third kappa shape index (κ3) is 3.64. The summed E-state index contributed by atoms with van der Waals surface area (Å²) in [6.45, 7) is 8.66. The Labute approximate surface area is 168 Å². The summed E-state index contributed by atoms with van der Waals surface area (Å²) in [6, 6.07) is 31.1. The Balaban J connectivity index is 1.82. The van der Waals surface area contributed by atoms with Crippen LogP contribution in [0.4, 0.5) is 0 Å². The molecule has 4 rings (SSSR count). The van der Waals surface area contributed by atoms with Crippen molar-refractivity contribution in [1.29, 1.82) is 0 Å². The Hall–Kier alpha value is -3.12. The lowest BCUT2D eigenvalue weighted by atomic mass is 9.90. The Morgan fingerprint density at radius 1 is 0.357 bits per heavy atom. The van der Waals surface area contributed by atoms with Crippen LogP contribution in [0.15, 0.2) is 84.9 Å². The number of hydrogen-bond donors (Lipinski definition) is 0. The molecule has 0 N–H and O–H groups in total. The lowest BCUT2D eigenvalue weighted by Crippen LogP contribution is -1.90. The van der Waals surface area contributed by atoms with Crippen molar-refractivity contribution >= 4 is 0 Å². The average molecular weight is 363 g/mol. The zero-order valence-corrected chi connectivity index (χ0v) is 17.1. The second-order valence-electron chi connectivity index (χ2n) is 7.79. The van der Waals surface area contributed by atoms with Crippen molar-refractivity contribution < 1.29 is 0 Å². The van der Waals surface area contributed by atoms with Crippen LogP contribution in [0.5, 0.6) is 0 Å². The number of benzene rings is 4. The predicted molar refractivity (Wildman–Crippen MR) is 122 cm³/mol. The van der Waals surface area contributed by atoms with E-state index in [2.05, 4.69) is 113 Å². The number of aryl methyl sites for hydroxylation is 4. The van der Waals surface area contributed by atoms with Crippen molar-refractivity contribution in [2.24, 2.45) is 0 Å². The Morgan fingerprint density at radius 3 is 1.04 bits per heavy atom. The van der Waals surface area contributed by atoms with Crippen LogP contribution in [0.2, 0.25) is 0 Å². The van der Waals surface area contributed by atoms with E-state index in [9.17, 15) is 0 Å². The second-order valence-corrected chi connectivity index (χ2v) is 7.79. The minimum Gasteiger partial charge on any atom is -0.0587 e. The molecular formula is C28H26. The van der Waals surface area contributed by atoms with Crippen molar-refractivity contribution in [3.05, 3.63) is 107 Å². The van der Waals surface area contributed by atoms with Gasteiger partial charge in [-0.25, -0.2) is 0 Å². The summed E-state index contributed by atoms with van der Waals surface area (Å²) >= 11 is 0. The fourth-order valence-corrected chi connectivity index (χ4v) is 3.68. The fraction of sp³-hybridized carbons (Fsp3) is 0.143. The van der Waals surface area contributed by atoms with Crippen molar-refractivity contribution in [3.8, 4) is 33.4 Å². The van der Waals surface area contributed by atoms with Gasteiger partial charge in [-0.15, -0.1) is 0 Å². The van der Waals surface area contributed by atoms with Gasteiger partial charge in [0.25, 0.3) is 0 Å². The summed E-state index contributed by atoms with van der Waals surface area (Å²) in [5.74, 6) is 0. The molecule has 0 saturated heterocycles. The molecule has 0 aliphatic rings. The number of hydrogen-bond acceptors (Lipinski definition) is 0. The lowest BCUT2D eigenvalue weighted by Gasteiger charge is -2.14. The van der Waals surface area contributed by atoms with Crippen LogP contribution in [0.3, 0.4) is 0 Å². The summed E-state index contributed by atoms with van der Waals surface area (Å²) < 4.78 is 0. The molecule has 0 radical (unpaired) electrons. The summed E-state index contributed by atoms with van der Waals surface area (Å²) in [5.41, 5.74) is 12.9. The zero-order valence-electron chi connectivity index (χ0n) is 17.1. The molecule has 0 heterocycles. The number of rotatable bonds is 3. The van der Waals surface area contributed by atoms with Crippen LogP contribution >= 0.6 is 0 Å². The van der Waals surface area contributed by atoms with Crippen LogP contribution < -0.4 is 0 Å². The van der Waals surface area contributed by atoms with Crippen molar-refractivity contribution in [2.45, 2.75) is 27.7 Å². The van der Waals surface area contributed by atoms with Crippen LogP contribution in [0, 0.1) is 27.7 Å². The minimum atomic E-state index is 1.26. The molecule has 0 spiro atoms. The summed E-state index contributed by atoms with van der Waals surface area (Å²) in [7, 11) is 0. The van der Waals surface area contributed by atoms with Gasteiger partial charge in [0, 0.05) is 0 Å². The van der Waals surface area contributed by atoms with E-state index in [0.29, 0.717) is 0 Å². The van der Waals surface area contributed by atoms with Crippen LogP contribution in [-0.2, 0) is 0 Å². The Kier molecular flexibility index (Phi) is 4.88. The summed E-state index contributed by atoms with van der Waals surface area (Å²) in [5, 5.41) is 0. The van der Waals surface area contributed by atoms with E-state index in [-0.39, 0.29) is 0 Å². The largest absolute Gasteiger partial charge is 0.0587 e. The first-order chi connectivity index (χ1) is 13.5. The van der Waals surface area contributed by atoms with E-state index >= 15 is 0 Å². The molecule has 0 bridgehead atoms. The first-order valence-electron chi connectivity index (χ1n) is 9.87. The van der Waals surface area contributed by atoms with Gasteiger partial charge in [0.15, 0.2) is 0 Å². The molecular weight excluding hydrogens is 336 g/mol. The molecule has 0 aliphatic heterocycles. The Morgan fingerprint density at radius 2 is 0.679 bits per heavy atom. The molecule has 0 fully saturated rings. The van der Waals surface area contributed by atoms with E-state index < -0.39 is 0 Å². The average Bonchev–Trinajstić information content (AvgIpc) is 2.70. The van der Waals surface area contributed by atoms with E-state index in [1.807, 2.05) is 0 Å². The fourth-order valence-electron chi connectivity index (χ4n) is 3.68. The summed E-state index contributed by atoms with van der Waals surface area (Å²) in [6.07, 6.45) is 0. The first-order valence-corrected chi connectivity index (χ1v) is 9.87. The third-order valence-electron chi connectivity index (χ3n) is 5.54. The van der Waals surface area contributed by atoms with Crippen molar-refractivity contribution in [3.63, 3.8) is 0 Å². The first kappa shape index (κ1) is 18.3. The minimum absolute atomic E-state index is 1.26. The van der Waals surface area contributed by atoms with E-state index in [1.54, 1.807) is 0 Å². The molecule has 138 valence electrons. The highest BCUT2D eigenvalue weighted by Crippen LogP contribution is 2.34. The topological polar surface area (TPSA) is 0 Å². The van der Waals surface area contributed by atoms with Gasteiger partial charge in [-0.3, -0.25) is 0 Å². The molecule has 4 aromatic carbocycles. The van der Waals surface area contributed by atoms with E-state index in [4.69, 9.17) is 0 Å². The molecule has 0 heteroatoms. The maximum atomic E-state index is 2.33. The molecule has 0 saturated carbocycles. The van der Waals surface area contributed by atoms with Gasteiger partial charge in [-0.1, -0.05) is 83.9 Å². The van der Waals surface area contributed by atoms with Gasteiger partial charge < -0.3 is 0 Å². The second kappa shape index (κ2) is 7.48. The maximum absolute atomic E-state index is 2.33. The molecule has 0 atom stereocenters. The molecule has 0 amide bonds. The Bertz CT molecular complexity index is 1020. The van der Waals surface area contributed by atoms with Gasteiger partial charge >= 0.3 is 0 Å². The van der Waals surface area contributed by atoms with Crippen LogP contribution in [-0.4, -0.2) is 0 Å². The van der Waals surface area contributed by atoms with Gasteiger partial charge in [0.1, 0.15) is 0 Å².